The Balaban J connectivity index is 2.15. The van der Waals surface area contributed by atoms with Crippen LogP contribution in [0.5, 0.6) is 11.6 Å². The number of cyclic esters (lactones) is 1. The molecular formula is C23H30N2O3. The van der Waals surface area contributed by atoms with Gasteiger partial charge in [-0.1, -0.05) is 31.5 Å². The highest BCUT2D eigenvalue weighted by atomic mass is 16.6. The number of pyridine rings is 1. The van der Waals surface area contributed by atoms with Crippen LogP contribution in [-0.2, 0) is 4.74 Å². The SMILES string of the molecule is CCC(CC)N1C(=O)OC(C)c2c1cc(C)nc2Oc1c(C)cc(C)cc1C. The second-order valence-corrected chi connectivity index (χ2v) is 7.70. The van der Waals surface area contributed by atoms with E-state index in [9.17, 15) is 4.79 Å². The van der Waals surface area contributed by atoms with Crippen LogP contribution in [0.2, 0.25) is 0 Å². The second kappa shape index (κ2) is 7.82. The van der Waals surface area contributed by atoms with Crippen LogP contribution in [0.1, 0.15) is 67.7 Å². The summed E-state index contributed by atoms with van der Waals surface area (Å²) in [4.78, 5) is 19.1. The van der Waals surface area contributed by atoms with Crippen molar-refractivity contribution in [1.29, 1.82) is 0 Å². The van der Waals surface area contributed by atoms with Crippen LogP contribution in [0.25, 0.3) is 0 Å². The lowest BCUT2D eigenvalue weighted by molar-refractivity contribution is 0.103. The fourth-order valence-corrected chi connectivity index (χ4v) is 4.09. The summed E-state index contributed by atoms with van der Waals surface area (Å²) < 4.78 is 12.0. The number of aromatic nitrogens is 1. The Bertz CT molecular complexity index is 880. The third-order valence-corrected chi connectivity index (χ3v) is 5.38. The molecule has 1 aliphatic heterocycles. The first-order valence-corrected chi connectivity index (χ1v) is 10.0. The maximum Gasteiger partial charge on any atom is 0.415 e. The van der Waals surface area contributed by atoms with Crippen molar-refractivity contribution >= 4 is 11.8 Å². The van der Waals surface area contributed by atoms with E-state index in [0.717, 1.165) is 46.7 Å². The fourth-order valence-electron chi connectivity index (χ4n) is 4.09. The van der Waals surface area contributed by atoms with Gasteiger partial charge in [-0.15, -0.1) is 0 Å². The molecule has 1 unspecified atom stereocenters. The van der Waals surface area contributed by atoms with E-state index < -0.39 is 6.10 Å². The third kappa shape index (κ3) is 3.58. The predicted molar refractivity (Wildman–Crippen MR) is 111 cm³/mol. The first kappa shape index (κ1) is 20.2. The van der Waals surface area contributed by atoms with Gasteiger partial charge in [-0.25, -0.2) is 9.78 Å². The summed E-state index contributed by atoms with van der Waals surface area (Å²) >= 11 is 0. The third-order valence-electron chi connectivity index (χ3n) is 5.38. The molecule has 0 fully saturated rings. The van der Waals surface area contributed by atoms with Gasteiger partial charge in [0.15, 0.2) is 0 Å². The normalized spacial score (nSPS) is 16.2. The van der Waals surface area contributed by atoms with Crippen LogP contribution in [0.4, 0.5) is 10.5 Å². The molecule has 0 spiro atoms. The minimum atomic E-state index is -0.415. The summed E-state index contributed by atoms with van der Waals surface area (Å²) in [7, 11) is 0. The van der Waals surface area contributed by atoms with Crippen LogP contribution in [0, 0.1) is 27.7 Å². The molecule has 5 heteroatoms. The van der Waals surface area contributed by atoms with Crippen LogP contribution in [0.3, 0.4) is 0 Å². The number of carbonyl (C=O) groups is 1. The fraction of sp³-hybridized carbons (Fsp3) is 0.478. The number of ether oxygens (including phenoxy) is 2. The minimum absolute atomic E-state index is 0.0799. The minimum Gasteiger partial charge on any atom is -0.441 e. The topological polar surface area (TPSA) is 51.7 Å². The summed E-state index contributed by atoms with van der Waals surface area (Å²) in [6.07, 6.45) is 0.996. The standard InChI is InChI=1S/C23H30N2O3/c1-8-18(9-2)25-19-12-16(6)24-22(20(19)17(7)27-23(25)26)28-21-14(4)10-13(3)11-15(21)5/h10-12,17-18H,8-9H2,1-7H3. The van der Waals surface area contributed by atoms with E-state index in [1.165, 1.54) is 5.56 Å². The molecule has 0 saturated heterocycles. The average molecular weight is 383 g/mol. The second-order valence-electron chi connectivity index (χ2n) is 7.70. The van der Waals surface area contributed by atoms with Crippen LogP contribution in [0.15, 0.2) is 18.2 Å². The number of amides is 1. The largest absolute Gasteiger partial charge is 0.441 e. The summed E-state index contributed by atoms with van der Waals surface area (Å²) in [5.74, 6) is 1.32. The van der Waals surface area contributed by atoms with E-state index in [2.05, 4.69) is 37.9 Å². The first-order chi connectivity index (χ1) is 13.3. The predicted octanol–water partition coefficient (Wildman–Crippen LogP) is 6.31. The number of anilines is 1. The van der Waals surface area contributed by atoms with Gasteiger partial charge in [0.25, 0.3) is 0 Å². The Morgan fingerprint density at radius 3 is 2.29 bits per heavy atom. The molecule has 1 aromatic heterocycles. The zero-order chi connectivity index (χ0) is 20.6. The van der Waals surface area contributed by atoms with Gasteiger partial charge in [0.2, 0.25) is 5.88 Å². The first-order valence-electron chi connectivity index (χ1n) is 10.0. The van der Waals surface area contributed by atoms with Crippen LogP contribution < -0.4 is 9.64 Å². The summed E-state index contributed by atoms with van der Waals surface area (Å²) in [6.45, 7) is 14.1. The van der Waals surface area contributed by atoms with Crippen molar-refractivity contribution in [3.05, 3.63) is 46.1 Å². The Labute approximate surface area is 167 Å². The van der Waals surface area contributed by atoms with Gasteiger partial charge >= 0.3 is 6.09 Å². The van der Waals surface area contributed by atoms with E-state index in [4.69, 9.17) is 9.47 Å². The Kier molecular flexibility index (Phi) is 5.64. The van der Waals surface area contributed by atoms with Gasteiger partial charge in [-0.2, -0.15) is 0 Å². The Morgan fingerprint density at radius 2 is 1.71 bits per heavy atom. The van der Waals surface area contributed by atoms with E-state index in [0.29, 0.717) is 5.88 Å². The monoisotopic (exact) mass is 382 g/mol. The summed E-state index contributed by atoms with van der Waals surface area (Å²) in [6, 6.07) is 6.25. The molecule has 28 heavy (non-hydrogen) atoms. The molecule has 1 atom stereocenters. The Hall–Kier alpha value is -2.56. The lowest BCUT2D eigenvalue weighted by atomic mass is 10.0. The smallest absolute Gasteiger partial charge is 0.415 e. The molecule has 2 heterocycles. The number of fused-ring (bicyclic) bond motifs is 1. The average Bonchev–Trinajstić information content (AvgIpc) is 2.60. The maximum atomic E-state index is 12.7. The van der Waals surface area contributed by atoms with Gasteiger partial charge in [0.05, 0.1) is 11.3 Å². The number of carbonyl (C=O) groups excluding carboxylic acids is 1. The molecule has 3 rings (SSSR count). The maximum absolute atomic E-state index is 12.7. The number of nitrogens with zero attached hydrogens (tertiary/aromatic N) is 2. The van der Waals surface area contributed by atoms with Crippen molar-refractivity contribution in [2.75, 3.05) is 4.90 Å². The molecule has 150 valence electrons. The molecular weight excluding hydrogens is 352 g/mol. The van der Waals surface area contributed by atoms with Gasteiger partial charge in [-0.3, -0.25) is 4.90 Å². The lowest BCUT2D eigenvalue weighted by Crippen LogP contribution is -2.44. The van der Waals surface area contributed by atoms with Crippen molar-refractivity contribution in [3.63, 3.8) is 0 Å². The molecule has 0 saturated carbocycles. The lowest BCUT2D eigenvalue weighted by Gasteiger charge is -2.37. The molecule has 0 aliphatic carbocycles. The molecule has 0 radical (unpaired) electrons. The van der Waals surface area contributed by atoms with Crippen molar-refractivity contribution < 1.29 is 14.3 Å². The van der Waals surface area contributed by atoms with Gasteiger partial charge < -0.3 is 9.47 Å². The Morgan fingerprint density at radius 1 is 1.11 bits per heavy atom. The van der Waals surface area contributed by atoms with Crippen molar-refractivity contribution in [2.45, 2.75) is 73.5 Å². The zero-order valence-electron chi connectivity index (χ0n) is 17.9. The molecule has 0 N–H and O–H groups in total. The number of hydrogen-bond acceptors (Lipinski definition) is 4. The van der Waals surface area contributed by atoms with Gasteiger partial charge in [0, 0.05) is 11.7 Å². The molecule has 1 amide bonds. The molecule has 0 bridgehead atoms. The van der Waals surface area contributed by atoms with Gasteiger partial charge in [0.1, 0.15) is 11.9 Å². The van der Waals surface area contributed by atoms with E-state index in [1.807, 2.05) is 33.8 Å². The van der Waals surface area contributed by atoms with E-state index in [1.54, 1.807) is 4.90 Å². The number of rotatable bonds is 5. The van der Waals surface area contributed by atoms with Crippen molar-refractivity contribution in [3.8, 4) is 11.6 Å². The number of aryl methyl sites for hydroxylation is 4. The molecule has 2 aromatic rings. The van der Waals surface area contributed by atoms with Gasteiger partial charge in [-0.05, 0) is 64.7 Å². The molecule has 1 aliphatic rings. The number of hydrogen-bond donors (Lipinski definition) is 0. The summed E-state index contributed by atoms with van der Waals surface area (Å²) in [5.41, 5.74) is 5.82. The quantitative estimate of drug-likeness (QED) is 0.608. The summed E-state index contributed by atoms with van der Waals surface area (Å²) in [5, 5.41) is 0. The number of benzene rings is 1. The highest BCUT2D eigenvalue weighted by Crippen LogP contribution is 2.43. The van der Waals surface area contributed by atoms with E-state index in [-0.39, 0.29) is 12.1 Å². The van der Waals surface area contributed by atoms with Crippen LogP contribution >= 0.6 is 0 Å². The highest BCUT2D eigenvalue weighted by Gasteiger charge is 2.37. The molecule has 5 nitrogen and oxygen atoms in total. The van der Waals surface area contributed by atoms with Crippen molar-refractivity contribution in [2.24, 2.45) is 0 Å². The zero-order valence-corrected chi connectivity index (χ0v) is 17.9. The van der Waals surface area contributed by atoms with Crippen LogP contribution in [-0.4, -0.2) is 17.1 Å². The highest BCUT2D eigenvalue weighted by molar-refractivity contribution is 5.92. The van der Waals surface area contributed by atoms with E-state index >= 15 is 0 Å². The van der Waals surface area contributed by atoms with Crippen molar-refractivity contribution in [1.82, 2.24) is 4.98 Å². The molecule has 1 aromatic carbocycles.